The topological polar surface area (TPSA) is 69.5 Å². The summed E-state index contributed by atoms with van der Waals surface area (Å²) in [7, 11) is 0. The van der Waals surface area contributed by atoms with Crippen LogP contribution >= 0.6 is 0 Å². The molecule has 0 fully saturated rings. The van der Waals surface area contributed by atoms with Gasteiger partial charge >= 0.3 is 0 Å². The molecule has 0 spiro atoms. The number of nitrogens with zero attached hydrogens (tertiary/aromatic N) is 2. The van der Waals surface area contributed by atoms with Gasteiger partial charge in [0.05, 0.1) is 18.2 Å². The highest BCUT2D eigenvalue weighted by molar-refractivity contribution is 5.55. The van der Waals surface area contributed by atoms with Crippen molar-refractivity contribution in [1.29, 1.82) is 5.26 Å². The van der Waals surface area contributed by atoms with Gasteiger partial charge in [-0.1, -0.05) is 11.8 Å². The molecule has 0 saturated carbocycles. The fourth-order valence-electron chi connectivity index (χ4n) is 0.654. The van der Waals surface area contributed by atoms with E-state index in [2.05, 4.69) is 22.0 Å². The van der Waals surface area contributed by atoms with Gasteiger partial charge < -0.3 is 4.79 Å². The fourth-order valence-corrected chi connectivity index (χ4v) is 0.654. The molecule has 0 atom stereocenters. The average Bonchev–Trinajstić information content (AvgIpc) is 2.52. The molecule has 0 aromatic carbocycles. The second-order valence-corrected chi connectivity index (χ2v) is 1.94. The summed E-state index contributed by atoms with van der Waals surface area (Å²) in [6.07, 6.45) is 2.34. The van der Waals surface area contributed by atoms with Crippen LogP contribution in [0.4, 0.5) is 0 Å². The SMILES string of the molecule is N#Cc1[nH]ncc1C#CCC=O. The van der Waals surface area contributed by atoms with Crippen LogP contribution in [0.1, 0.15) is 17.7 Å². The third-order valence-electron chi connectivity index (χ3n) is 1.16. The number of hydrogen-bond donors (Lipinski definition) is 1. The number of nitrogens with one attached hydrogen (secondary N) is 1. The third kappa shape index (κ3) is 1.71. The molecule has 0 aliphatic heterocycles. The molecular formula is C8H5N3O. The lowest BCUT2D eigenvalue weighted by Crippen LogP contribution is -1.77. The number of hydrogen-bond acceptors (Lipinski definition) is 3. The van der Waals surface area contributed by atoms with Crippen molar-refractivity contribution in [2.75, 3.05) is 0 Å². The zero-order valence-corrected chi connectivity index (χ0v) is 6.16. The number of aromatic amines is 1. The normalized spacial score (nSPS) is 7.92. The van der Waals surface area contributed by atoms with Gasteiger partial charge in [0.1, 0.15) is 12.4 Å². The predicted molar refractivity (Wildman–Crippen MR) is 40.9 cm³/mol. The van der Waals surface area contributed by atoms with E-state index in [9.17, 15) is 4.79 Å². The molecule has 12 heavy (non-hydrogen) atoms. The molecule has 0 amide bonds. The van der Waals surface area contributed by atoms with Crippen molar-refractivity contribution in [2.45, 2.75) is 6.42 Å². The maximum atomic E-state index is 9.90. The largest absolute Gasteiger partial charge is 0.302 e. The second kappa shape index (κ2) is 3.95. The van der Waals surface area contributed by atoms with Crippen LogP contribution in [0.2, 0.25) is 0 Å². The number of carbonyl (C=O) groups is 1. The summed E-state index contributed by atoms with van der Waals surface area (Å²) in [5, 5.41) is 14.6. The van der Waals surface area contributed by atoms with Crippen LogP contribution in [-0.2, 0) is 4.79 Å². The average molecular weight is 159 g/mol. The van der Waals surface area contributed by atoms with Gasteiger partial charge in [-0.3, -0.25) is 5.10 Å². The van der Waals surface area contributed by atoms with Gasteiger partial charge in [-0.05, 0) is 0 Å². The van der Waals surface area contributed by atoms with E-state index >= 15 is 0 Å². The van der Waals surface area contributed by atoms with Crippen molar-refractivity contribution < 1.29 is 4.79 Å². The number of aromatic nitrogens is 2. The Labute approximate surface area is 69.2 Å². The lowest BCUT2D eigenvalue weighted by molar-refractivity contribution is -0.107. The molecule has 0 radical (unpaired) electrons. The standard InChI is InChI=1S/C8H5N3O/c9-5-8-7(6-10-11-8)3-1-2-4-12/h4,6H,2H2,(H,10,11). The summed E-state index contributed by atoms with van der Waals surface area (Å²) in [5.41, 5.74) is 0.854. The molecule has 4 nitrogen and oxygen atoms in total. The maximum absolute atomic E-state index is 9.90. The molecule has 1 heterocycles. The summed E-state index contributed by atoms with van der Waals surface area (Å²) in [4.78, 5) is 9.90. The van der Waals surface area contributed by atoms with E-state index in [0.29, 0.717) is 17.5 Å². The van der Waals surface area contributed by atoms with Gasteiger partial charge in [-0.2, -0.15) is 10.4 Å². The number of rotatable bonds is 1. The van der Waals surface area contributed by atoms with Crippen LogP contribution in [0.15, 0.2) is 6.20 Å². The van der Waals surface area contributed by atoms with Gasteiger partial charge in [0.25, 0.3) is 0 Å². The Kier molecular flexibility index (Phi) is 2.64. The van der Waals surface area contributed by atoms with Crippen molar-refractivity contribution >= 4 is 6.29 Å². The Bertz CT molecular complexity index is 375. The van der Waals surface area contributed by atoms with Crippen molar-refractivity contribution in [1.82, 2.24) is 10.2 Å². The predicted octanol–water partition coefficient (Wildman–Crippen LogP) is 0.222. The zero-order valence-electron chi connectivity index (χ0n) is 6.16. The first-order valence-electron chi connectivity index (χ1n) is 3.24. The van der Waals surface area contributed by atoms with Gasteiger partial charge in [-0.25, -0.2) is 0 Å². The van der Waals surface area contributed by atoms with Crippen LogP contribution in [0, 0.1) is 23.2 Å². The molecule has 0 aliphatic carbocycles. The minimum atomic E-state index is 0.177. The van der Waals surface area contributed by atoms with E-state index in [4.69, 9.17) is 5.26 Å². The molecular weight excluding hydrogens is 154 g/mol. The summed E-state index contributed by atoms with van der Waals surface area (Å²) in [6, 6.07) is 1.89. The van der Waals surface area contributed by atoms with Gasteiger partial charge in [0.15, 0.2) is 5.69 Å². The van der Waals surface area contributed by atoms with Gasteiger partial charge in [0.2, 0.25) is 0 Å². The highest BCUT2D eigenvalue weighted by Gasteiger charge is 1.98. The highest BCUT2D eigenvalue weighted by atomic mass is 16.1. The van der Waals surface area contributed by atoms with Crippen LogP contribution in [0.25, 0.3) is 0 Å². The molecule has 4 heteroatoms. The van der Waals surface area contributed by atoms with Crippen molar-refractivity contribution in [3.63, 3.8) is 0 Å². The fraction of sp³-hybridized carbons (Fsp3) is 0.125. The molecule has 1 aromatic rings. The number of carbonyl (C=O) groups excluding carboxylic acids is 1. The first-order valence-corrected chi connectivity index (χ1v) is 3.24. The smallest absolute Gasteiger partial charge is 0.151 e. The minimum absolute atomic E-state index is 0.177. The molecule has 0 unspecified atom stereocenters. The Morgan fingerprint density at radius 3 is 3.25 bits per heavy atom. The lowest BCUT2D eigenvalue weighted by atomic mass is 10.2. The van der Waals surface area contributed by atoms with Crippen LogP contribution in [-0.4, -0.2) is 16.5 Å². The van der Waals surface area contributed by atoms with E-state index in [1.54, 1.807) is 0 Å². The van der Waals surface area contributed by atoms with Crippen molar-refractivity contribution in [3.05, 3.63) is 17.5 Å². The summed E-state index contributed by atoms with van der Waals surface area (Å²) < 4.78 is 0. The van der Waals surface area contributed by atoms with Crippen LogP contribution in [0.5, 0.6) is 0 Å². The van der Waals surface area contributed by atoms with Crippen LogP contribution in [0.3, 0.4) is 0 Å². The van der Waals surface area contributed by atoms with Crippen molar-refractivity contribution in [2.24, 2.45) is 0 Å². The van der Waals surface area contributed by atoms with Crippen LogP contribution < -0.4 is 0 Å². The van der Waals surface area contributed by atoms with Gasteiger partial charge in [-0.15, -0.1) is 0 Å². The van der Waals surface area contributed by atoms with E-state index < -0.39 is 0 Å². The van der Waals surface area contributed by atoms with E-state index in [0.717, 1.165) is 0 Å². The number of H-pyrrole nitrogens is 1. The second-order valence-electron chi connectivity index (χ2n) is 1.94. The molecule has 1 rings (SSSR count). The summed E-state index contributed by atoms with van der Waals surface area (Å²) in [5.74, 6) is 5.23. The third-order valence-corrected chi connectivity index (χ3v) is 1.16. The first kappa shape index (κ1) is 8.03. The Morgan fingerprint density at radius 2 is 2.58 bits per heavy atom. The molecule has 0 saturated heterocycles. The molecule has 1 aromatic heterocycles. The quantitative estimate of drug-likeness (QED) is 0.470. The minimum Gasteiger partial charge on any atom is -0.302 e. The van der Waals surface area contributed by atoms with Gasteiger partial charge in [0, 0.05) is 0 Å². The molecule has 58 valence electrons. The molecule has 1 N–H and O–H groups in total. The van der Waals surface area contributed by atoms with E-state index in [1.807, 2.05) is 6.07 Å². The first-order chi connectivity index (χ1) is 5.88. The zero-order chi connectivity index (χ0) is 8.81. The Morgan fingerprint density at radius 1 is 1.75 bits per heavy atom. The Balaban J connectivity index is 2.84. The van der Waals surface area contributed by atoms with E-state index in [-0.39, 0.29) is 6.42 Å². The van der Waals surface area contributed by atoms with E-state index in [1.165, 1.54) is 6.20 Å². The molecule has 0 bridgehead atoms. The summed E-state index contributed by atoms with van der Waals surface area (Å²) in [6.45, 7) is 0. The lowest BCUT2D eigenvalue weighted by Gasteiger charge is -1.78. The highest BCUT2D eigenvalue weighted by Crippen LogP contribution is 1.99. The Hall–Kier alpha value is -2.07. The molecule has 0 aliphatic rings. The monoisotopic (exact) mass is 159 g/mol. The van der Waals surface area contributed by atoms with Crippen molar-refractivity contribution in [3.8, 4) is 17.9 Å². The maximum Gasteiger partial charge on any atom is 0.151 e. The number of nitriles is 1. The summed E-state index contributed by atoms with van der Waals surface area (Å²) >= 11 is 0. The number of aldehydes is 1.